The average Bonchev–Trinajstić information content (AvgIpc) is 3.19. The van der Waals surface area contributed by atoms with E-state index in [1.54, 1.807) is 4.90 Å². The second-order valence-electron chi connectivity index (χ2n) is 8.82. The topological polar surface area (TPSA) is 51.4 Å². The largest absolute Gasteiger partial charge is 0.326 e. The normalized spacial score (nSPS) is 15.1. The van der Waals surface area contributed by atoms with Gasteiger partial charge in [-0.05, 0) is 23.6 Å². The van der Waals surface area contributed by atoms with Crippen molar-refractivity contribution < 1.29 is 9.30 Å². The van der Waals surface area contributed by atoms with E-state index in [9.17, 15) is 5.26 Å². The van der Waals surface area contributed by atoms with Crippen molar-refractivity contribution in [2.75, 3.05) is 31.1 Å². The smallest absolute Gasteiger partial charge is 0.250 e. The molecule has 0 unspecified atom stereocenters. The molecule has 31 heavy (non-hydrogen) atoms. The fourth-order valence-corrected chi connectivity index (χ4v) is 4.82. The van der Waals surface area contributed by atoms with Crippen LogP contribution in [-0.4, -0.2) is 31.2 Å². The molecular formula is C26H29N5+2. The number of aromatic nitrogens is 2. The van der Waals surface area contributed by atoms with E-state index in [2.05, 4.69) is 88.8 Å². The summed E-state index contributed by atoms with van der Waals surface area (Å²) in [6.45, 7) is 9.64. The third kappa shape index (κ3) is 3.54. The van der Waals surface area contributed by atoms with Gasteiger partial charge in [0.1, 0.15) is 55.4 Å². The number of quaternary nitrogens is 1. The zero-order chi connectivity index (χ0) is 21.4. The third-order valence-corrected chi connectivity index (χ3v) is 6.49. The number of para-hydroxylation sites is 2. The highest BCUT2D eigenvalue weighted by Gasteiger charge is 2.30. The lowest BCUT2D eigenvalue weighted by Crippen LogP contribution is -3.13. The first-order valence-electron chi connectivity index (χ1n) is 11.2. The molecule has 3 heterocycles. The van der Waals surface area contributed by atoms with E-state index in [0.29, 0.717) is 0 Å². The number of aromatic amines is 1. The molecule has 4 aromatic rings. The number of nitrogens with one attached hydrogen (secondary N) is 2. The van der Waals surface area contributed by atoms with Gasteiger partial charge in [-0.25, -0.2) is 0 Å². The molecule has 0 amide bonds. The van der Waals surface area contributed by atoms with Crippen molar-refractivity contribution >= 4 is 22.5 Å². The van der Waals surface area contributed by atoms with Gasteiger partial charge >= 0.3 is 0 Å². The minimum atomic E-state index is 0.287. The quantitative estimate of drug-likeness (QED) is 0.508. The average molecular weight is 412 g/mol. The Balaban J connectivity index is 1.53. The van der Waals surface area contributed by atoms with Crippen molar-refractivity contribution in [3.8, 4) is 6.07 Å². The molecule has 0 bridgehead atoms. The number of nitrogens with zero attached hydrogens (tertiary/aromatic N) is 3. The van der Waals surface area contributed by atoms with Crippen molar-refractivity contribution in [1.29, 1.82) is 5.26 Å². The molecule has 1 aliphatic rings. The Labute approximate surface area is 183 Å². The lowest BCUT2D eigenvalue weighted by atomic mass is 9.98. The minimum absolute atomic E-state index is 0.287. The van der Waals surface area contributed by atoms with Crippen LogP contribution in [0.5, 0.6) is 0 Å². The highest BCUT2D eigenvalue weighted by molar-refractivity contribution is 5.77. The summed E-state index contributed by atoms with van der Waals surface area (Å²) in [4.78, 5) is 7.64. The van der Waals surface area contributed by atoms with Crippen LogP contribution in [0.1, 0.15) is 36.5 Å². The zero-order valence-corrected chi connectivity index (χ0v) is 18.2. The predicted molar refractivity (Wildman–Crippen MR) is 123 cm³/mol. The monoisotopic (exact) mass is 411 g/mol. The van der Waals surface area contributed by atoms with Gasteiger partial charge in [-0.1, -0.05) is 56.3 Å². The summed E-state index contributed by atoms with van der Waals surface area (Å²) in [5.41, 5.74) is 6.36. The number of nitriles is 1. The maximum absolute atomic E-state index is 9.97. The number of H-pyrrole nitrogens is 1. The Morgan fingerprint density at radius 2 is 1.77 bits per heavy atom. The number of imidazole rings is 1. The Hall–Kier alpha value is -3.36. The Morgan fingerprint density at radius 3 is 2.48 bits per heavy atom. The Morgan fingerprint density at radius 1 is 1.06 bits per heavy atom. The summed E-state index contributed by atoms with van der Waals surface area (Å²) in [5, 5.41) is 9.97. The fraction of sp³-hybridized carbons (Fsp3) is 0.308. The molecule has 0 atom stereocenters. The van der Waals surface area contributed by atoms with Crippen molar-refractivity contribution in [1.82, 2.24) is 4.98 Å². The van der Waals surface area contributed by atoms with Crippen molar-refractivity contribution in [3.63, 3.8) is 0 Å². The van der Waals surface area contributed by atoms with Gasteiger partial charge in [0.25, 0.3) is 0 Å². The first-order valence-corrected chi connectivity index (χ1v) is 11.2. The molecule has 5 heteroatoms. The molecule has 2 aromatic carbocycles. The number of hydrogen-bond acceptors (Lipinski definition) is 2. The van der Waals surface area contributed by atoms with Gasteiger partial charge in [-0.2, -0.15) is 9.66 Å². The van der Waals surface area contributed by atoms with E-state index in [-0.39, 0.29) is 5.92 Å². The van der Waals surface area contributed by atoms with E-state index < -0.39 is 0 Å². The molecule has 5 rings (SSSR count). The molecule has 0 radical (unpaired) electrons. The molecule has 2 N–H and O–H groups in total. The van der Waals surface area contributed by atoms with Gasteiger partial charge in [0.05, 0.1) is 0 Å². The van der Waals surface area contributed by atoms with Crippen LogP contribution in [-0.2, 0) is 6.54 Å². The van der Waals surface area contributed by atoms with Crippen LogP contribution >= 0.6 is 0 Å². The van der Waals surface area contributed by atoms with Gasteiger partial charge in [0.15, 0.2) is 0 Å². The van der Waals surface area contributed by atoms with Crippen LogP contribution in [0, 0.1) is 11.3 Å². The highest BCUT2D eigenvalue weighted by Crippen LogP contribution is 2.27. The van der Waals surface area contributed by atoms with E-state index in [1.165, 1.54) is 11.4 Å². The molecule has 1 saturated heterocycles. The van der Waals surface area contributed by atoms with Gasteiger partial charge in [0.2, 0.25) is 11.5 Å². The molecule has 0 saturated carbocycles. The van der Waals surface area contributed by atoms with E-state index >= 15 is 0 Å². The van der Waals surface area contributed by atoms with Gasteiger partial charge in [0, 0.05) is 11.6 Å². The molecular weight excluding hydrogens is 382 g/mol. The maximum Gasteiger partial charge on any atom is 0.250 e. The number of fused-ring (bicyclic) bond motifs is 3. The van der Waals surface area contributed by atoms with Crippen LogP contribution in [0.2, 0.25) is 0 Å². The molecule has 2 aromatic heterocycles. The molecule has 0 aliphatic carbocycles. The van der Waals surface area contributed by atoms with Crippen molar-refractivity contribution in [2.24, 2.45) is 0 Å². The molecule has 156 valence electrons. The predicted octanol–water partition coefficient (Wildman–Crippen LogP) is 2.81. The molecule has 1 fully saturated rings. The lowest BCUT2D eigenvalue weighted by Gasteiger charge is -2.30. The highest BCUT2D eigenvalue weighted by atomic mass is 15.3. The summed E-state index contributed by atoms with van der Waals surface area (Å²) in [7, 11) is 0. The summed E-state index contributed by atoms with van der Waals surface area (Å²) >= 11 is 0. The Bertz CT molecular complexity index is 1260. The summed E-state index contributed by atoms with van der Waals surface area (Å²) in [6.07, 6.45) is 0. The number of rotatable bonds is 4. The number of benzene rings is 2. The van der Waals surface area contributed by atoms with Crippen LogP contribution in [0.25, 0.3) is 16.7 Å². The standard InChI is InChI=1S/C26H27N5/c1-19(2)21-16-25(30-14-12-29(13-15-30)18-20-8-4-3-5-9-20)31-24-11-7-6-10-23(24)28-26(31)22(21)17-27/h3-11,16,19H,12-15,18H2,1-2H3/p+2. The fourth-order valence-electron chi connectivity index (χ4n) is 4.82. The van der Waals surface area contributed by atoms with Crippen LogP contribution in [0.3, 0.4) is 0 Å². The van der Waals surface area contributed by atoms with Crippen molar-refractivity contribution in [2.45, 2.75) is 26.3 Å². The molecule has 1 aliphatic heterocycles. The molecule has 5 nitrogen and oxygen atoms in total. The second kappa shape index (κ2) is 8.05. The number of pyridine rings is 1. The van der Waals surface area contributed by atoms with E-state index in [0.717, 1.165) is 60.5 Å². The number of piperazine rings is 1. The molecule has 0 spiro atoms. The van der Waals surface area contributed by atoms with Crippen molar-refractivity contribution in [3.05, 3.63) is 77.4 Å². The minimum Gasteiger partial charge on any atom is -0.326 e. The van der Waals surface area contributed by atoms with Crippen LogP contribution in [0.4, 0.5) is 5.82 Å². The summed E-state index contributed by atoms with van der Waals surface area (Å²) in [6, 6.07) is 23.8. The van der Waals surface area contributed by atoms with Crippen LogP contribution < -0.4 is 14.2 Å². The van der Waals surface area contributed by atoms with E-state index in [1.807, 2.05) is 6.07 Å². The summed E-state index contributed by atoms with van der Waals surface area (Å²) < 4.78 is 2.25. The van der Waals surface area contributed by atoms with E-state index in [4.69, 9.17) is 0 Å². The maximum atomic E-state index is 9.97. The Kier molecular flexibility index (Phi) is 5.09. The zero-order valence-electron chi connectivity index (χ0n) is 18.2. The second-order valence-corrected chi connectivity index (χ2v) is 8.82. The van der Waals surface area contributed by atoms with Gasteiger partial charge in [-0.15, -0.1) is 0 Å². The number of anilines is 1. The van der Waals surface area contributed by atoms with Gasteiger partial charge in [-0.3, -0.25) is 9.88 Å². The lowest BCUT2D eigenvalue weighted by molar-refractivity contribution is -0.914. The third-order valence-electron chi connectivity index (χ3n) is 6.49. The van der Waals surface area contributed by atoms with Crippen LogP contribution in [0.15, 0.2) is 60.7 Å². The summed E-state index contributed by atoms with van der Waals surface area (Å²) in [5.74, 6) is 1.48. The first-order chi connectivity index (χ1) is 15.2. The van der Waals surface area contributed by atoms with Gasteiger partial charge < -0.3 is 4.90 Å². The number of hydrogen-bond donors (Lipinski definition) is 2. The SMILES string of the molecule is CC(C)c1cc(N2CC[NH+](Cc3ccccc3)CC2)[n+]2c([nH]c3ccccc32)c1C#N. The first kappa shape index (κ1) is 19.6.